The molecule has 0 bridgehead atoms. The van der Waals surface area contributed by atoms with Crippen LogP contribution in [-0.2, 0) is 6.54 Å². The van der Waals surface area contributed by atoms with Crippen LogP contribution < -0.4 is 14.4 Å². The molecule has 4 nitrogen and oxygen atoms in total. The standard InChI is InChI=1S/C17H21NO3/c1-12-5-7-14(8-6-12)18(2)11-13-9-15(20-3)17(19)16(10-13)21-4/h5-10,19H,11H2,1-4H3. The number of phenols is 1. The lowest BCUT2D eigenvalue weighted by Crippen LogP contribution is -2.16. The van der Waals surface area contributed by atoms with Gasteiger partial charge in [-0.2, -0.15) is 0 Å². The molecule has 0 amide bonds. The Morgan fingerprint density at radius 1 is 1.00 bits per heavy atom. The van der Waals surface area contributed by atoms with Crippen LogP contribution in [0.2, 0.25) is 0 Å². The maximum absolute atomic E-state index is 9.93. The largest absolute Gasteiger partial charge is 0.502 e. The van der Waals surface area contributed by atoms with Crippen molar-refractivity contribution in [1.29, 1.82) is 0 Å². The van der Waals surface area contributed by atoms with E-state index in [9.17, 15) is 5.11 Å². The molecular weight excluding hydrogens is 266 g/mol. The number of anilines is 1. The molecule has 0 aliphatic rings. The summed E-state index contributed by atoms with van der Waals surface area (Å²) >= 11 is 0. The summed E-state index contributed by atoms with van der Waals surface area (Å²) in [5.41, 5.74) is 3.37. The van der Waals surface area contributed by atoms with Gasteiger partial charge < -0.3 is 19.5 Å². The van der Waals surface area contributed by atoms with Crippen LogP contribution in [0.3, 0.4) is 0 Å². The van der Waals surface area contributed by atoms with Gasteiger partial charge in [-0.05, 0) is 36.8 Å². The smallest absolute Gasteiger partial charge is 0.200 e. The molecule has 0 atom stereocenters. The lowest BCUT2D eigenvalue weighted by Gasteiger charge is -2.20. The van der Waals surface area contributed by atoms with Crippen molar-refractivity contribution in [2.75, 3.05) is 26.2 Å². The van der Waals surface area contributed by atoms with Crippen LogP contribution in [0.5, 0.6) is 17.2 Å². The van der Waals surface area contributed by atoms with Gasteiger partial charge in [0.1, 0.15) is 0 Å². The van der Waals surface area contributed by atoms with Crippen LogP contribution in [0.15, 0.2) is 36.4 Å². The maximum Gasteiger partial charge on any atom is 0.200 e. The average molecular weight is 287 g/mol. The van der Waals surface area contributed by atoms with Crippen LogP contribution in [0, 0.1) is 6.92 Å². The summed E-state index contributed by atoms with van der Waals surface area (Å²) < 4.78 is 10.4. The Bertz CT molecular complexity index is 583. The van der Waals surface area contributed by atoms with Gasteiger partial charge in [-0.25, -0.2) is 0 Å². The van der Waals surface area contributed by atoms with Gasteiger partial charge >= 0.3 is 0 Å². The molecule has 0 radical (unpaired) electrons. The van der Waals surface area contributed by atoms with Crippen molar-refractivity contribution in [3.63, 3.8) is 0 Å². The maximum atomic E-state index is 9.93. The summed E-state index contributed by atoms with van der Waals surface area (Å²) in [6, 6.07) is 12.0. The predicted octanol–water partition coefficient (Wildman–Crippen LogP) is 3.35. The minimum absolute atomic E-state index is 0.0294. The Morgan fingerprint density at radius 2 is 1.52 bits per heavy atom. The molecule has 0 unspecified atom stereocenters. The number of methoxy groups -OCH3 is 2. The highest BCUT2D eigenvalue weighted by Gasteiger charge is 2.12. The zero-order valence-corrected chi connectivity index (χ0v) is 12.9. The lowest BCUT2D eigenvalue weighted by molar-refractivity contribution is 0.339. The first kappa shape index (κ1) is 15.0. The Morgan fingerprint density at radius 3 is 2.00 bits per heavy atom. The summed E-state index contributed by atoms with van der Waals surface area (Å²) in [6.07, 6.45) is 0. The molecule has 2 rings (SSSR count). The molecule has 0 saturated carbocycles. The second-order valence-electron chi connectivity index (χ2n) is 5.04. The van der Waals surface area contributed by atoms with Gasteiger partial charge in [-0.3, -0.25) is 0 Å². The van der Waals surface area contributed by atoms with Crippen LogP contribution in [0.4, 0.5) is 5.69 Å². The summed E-state index contributed by atoms with van der Waals surface area (Å²) in [5, 5.41) is 9.93. The molecule has 0 aromatic heterocycles. The summed E-state index contributed by atoms with van der Waals surface area (Å²) in [4.78, 5) is 2.13. The highest BCUT2D eigenvalue weighted by atomic mass is 16.5. The van der Waals surface area contributed by atoms with Gasteiger partial charge in [-0.1, -0.05) is 17.7 Å². The van der Waals surface area contributed by atoms with E-state index in [2.05, 4.69) is 36.1 Å². The molecule has 0 fully saturated rings. The first-order chi connectivity index (χ1) is 10.0. The van der Waals surface area contributed by atoms with Crippen LogP contribution in [0.1, 0.15) is 11.1 Å². The second kappa shape index (κ2) is 6.39. The SMILES string of the molecule is COc1cc(CN(C)c2ccc(C)cc2)cc(OC)c1O. The molecule has 0 aliphatic heterocycles. The van der Waals surface area contributed by atoms with Gasteiger partial charge in [-0.15, -0.1) is 0 Å². The fourth-order valence-corrected chi connectivity index (χ4v) is 2.20. The number of nitrogens with zero attached hydrogens (tertiary/aromatic N) is 1. The number of ether oxygens (including phenoxy) is 2. The first-order valence-electron chi connectivity index (χ1n) is 6.77. The predicted molar refractivity (Wildman–Crippen MR) is 84.5 cm³/mol. The Balaban J connectivity index is 2.24. The van der Waals surface area contributed by atoms with E-state index in [1.54, 1.807) is 0 Å². The van der Waals surface area contributed by atoms with Gasteiger partial charge in [0.05, 0.1) is 14.2 Å². The van der Waals surface area contributed by atoms with Crippen molar-refractivity contribution in [3.8, 4) is 17.2 Å². The molecule has 0 saturated heterocycles. The van der Waals surface area contributed by atoms with E-state index in [-0.39, 0.29) is 5.75 Å². The van der Waals surface area contributed by atoms with E-state index in [0.29, 0.717) is 18.0 Å². The number of hydrogen-bond acceptors (Lipinski definition) is 4. The van der Waals surface area contributed by atoms with E-state index in [4.69, 9.17) is 9.47 Å². The number of rotatable bonds is 5. The summed E-state index contributed by atoms with van der Waals surface area (Å²) in [6.45, 7) is 2.76. The van der Waals surface area contributed by atoms with Crippen LogP contribution in [0.25, 0.3) is 0 Å². The van der Waals surface area contributed by atoms with Crippen LogP contribution >= 0.6 is 0 Å². The zero-order valence-electron chi connectivity index (χ0n) is 12.9. The normalized spacial score (nSPS) is 10.3. The van der Waals surface area contributed by atoms with E-state index in [0.717, 1.165) is 11.3 Å². The van der Waals surface area contributed by atoms with E-state index < -0.39 is 0 Å². The first-order valence-corrected chi connectivity index (χ1v) is 6.77. The molecule has 2 aromatic carbocycles. The third kappa shape index (κ3) is 3.40. The molecule has 0 aliphatic carbocycles. The Hall–Kier alpha value is -2.36. The van der Waals surface area contributed by atoms with Gasteiger partial charge in [0.25, 0.3) is 0 Å². The Labute approximate surface area is 125 Å². The number of aryl methyl sites for hydroxylation is 1. The fraction of sp³-hybridized carbons (Fsp3) is 0.294. The van der Waals surface area contributed by atoms with E-state index in [1.807, 2.05) is 19.2 Å². The molecule has 112 valence electrons. The molecule has 21 heavy (non-hydrogen) atoms. The van der Waals surface area contributed by atoms with Gasteiger partial charge in [0.15, 0.2) is 11.5 Å². The Kier molecular flexibility index (Phi) is 4.58. The molecular formula is C17H21NO3. The fourth-order valence-electron chi connectivity index (χ4n) is 2.20. The second-order valence-corrected chi connectivity index (χ2v) is 5.04. The van der Waals surface area contributed by atoms with Crippen molar-refractivity contribution in [1.82, 2.24) is 0 Å². The van der Waals surface area contributed by atoms with Gasteiger partial charge in [0, 0.05) is 19.3 Å². The monoisotopic (exact) mass is 287 g/mol. The molecule has 0 spiro atoms. The quantitative estimate of drug-likeness (QED) is 0.915. The minimum atomic E-state index is 0.0294. The number of benzene rings is 2. The molecule has 0 heterocycles. The highest BCUT2D eigenvalue weighted by Crippen LogP contribution is 2.37. The molecule has 4 heteroatoms. The van der Waals surface area contributed by atoms with Crippen molar-refractivity contribution < 1.29 is 14.6 Å². The highest BCUT2D eigenvalue weighted by molar-refractivity contribution is 5.54. The van der Waals surface area contributed by atoms with E-state index >= 15 is 0 Å². The van der Waals surface area contributed by atoms with Crippen molar-refractivity contribution in [2.45, 2.75) is 13.5 Å². The van der Waals surface area contributed by atoms with Crippen molar-refractivity contribution >= 4 is 5.69 Å². The average Bonchev–Trinajstić information content (AvgIpc) is 2.49. The molecule has 1 N–H and O–H groups in total. The lowest BCUT2D eigenvalue weighted by atomic mass is 10.1. The number of phenolic OH excluding ortho intramolecular Hbond substituents is 1. The summed E-state index contributed by atoms with van der Waals surface area (Å²) in [7, 11) is 5.08. The van der Waals surface area contributed by atoms with E-state index in [1.165, 1.54) is 19.8 Å². The van der Waals surface area contributed by atoms with Crippen LogP contribution in [-0.4, -0.2) is 26.4 Å². The number of hydrogen-bond donors (Lipinski definition) is 1. The minimum Gasteiger partial charge on any atom is -0.502 e. The third-order valence-corrected chi connectivity index (χ3v) is 3.43. The van der Waals surface area contributed by atoms with Gasteiger partial charge in [0.2, 0.25) is 5.75 Å². The topological polar surface area (TPSA) is 41.9 Å². The summed E-state index contributed by atoms with van der Waals surface area (Å²) in [5.74, 6) is 0.866. The third-order valence-electron chi connectivity index (χ3n) is 3.43. The van der Waals surface area contributed by atoms with Crippen molar-refractivity contribution in [2.24, 2.45) is 0 Å². The molecule has 2 aromatic rings. The van der Waals surface area contributed by atoms with Crippen molar-refractivity contribution in [3.05, 3.63) is 47.5 Å². The zero-order chi connectivity index (χ0) is 15.4. The number of aromatic hydroxyl groups is 1.